The van der Waals surface area contributed by atoms with Gasteiger partial charge in [0.25, 0.3) is 0 Å². The standard InChI is InChI=1S/C16H20ClN3O2S/c1-4-20(5-2)23(21,22)14-8-9-16(18-11-14)19-13-7-6-12(3)15(17)10-13/h6-11H,4-5H2,1-3H3,(H,18,19). The van der Waals surface area contributed by atoms with Crippen LogP contribution in [0.25, 0.3) is 0 Å². The molecular weight excluding hydrogens is 334 g/mol. The van der Waals surface area contributed by atoms with E-state index in [1.54, 1.807) is 18.2 Å². The molecule has 0 aliphatic carbocycles. The third-order valence-corrected chi connectivity index (χ3v) is 5.96. The Hall–Kier alpha value is -1.63. The molecule has 0 atom stereocenters. The average Bonchev–Trinajstić information content (AvgIpc) is 2.52. The molecule has 5 nitrogen and oxygen atoms in total. The first kappa shape index (κ1) is 17.7. The third-order valence-electron chi connectivity index (χ3n) is 3.52. The lowest BCUT2D eigenvalue weighted by molar-refractivity contribution is 0.445. The quantitative estimate of drug-likeness (QED) is 0.857. The molecule has 2 rings (SSSR count). The number of sulfonamides is 1. The number of aromatic nitrogens is 1. The van der Waals surface area contributed by atoms with E-state index in [1.165, 1.54) is 10.5 Å². The Morgan fingerprint density at radius 3 is 2.39 bits per heavy atom. The summed E-state index contributed by atoms with van der Waals surface area (Å²) in [4.78, 5) is 4.37. The highest BCUT2D eigenvalue weighted by Crippen LogP contribution is 2.23. The summed E-state index contributed by atoms with van der Waals surface area (Å²) in [6, 6.07) is 8.80. The maximum Gasteiger partial charge on any atom is 0.244 e. The number of halogens is 1. The molecule has 0 aliphatic rings. The summed E-state index contributed by atoms with van der Waals surface area (Å²) >= 11 is 6.09. The van der Waals surface area contributed by atoms with Gasteiger partial charge in [-0.05, 0) is 36.8 Å². The molecule has 2 aromatic rings. The Kier molecular flexibility index (Phi) is 5.62. The van der Waals surface area contributed by atoms with Gasteiger partial charge >= 0.3 is 0 Å². The zero-order chi connectivity index (χ0) is 17.0. The van der Waals surface area contributed by atoms with Gasteiger partial charge in [0.05, 0.1) is 0 Å². The highest BCUT2D eigenvalue weighted by molar-refractivity contribution is 7.89. The number of anilines is 2. The maximum atomic E-state index is 12.4. The number of hydrogen-bond acceptors (Lipinski definition) is 4. The highest BCUT2D eigenvalue weighted by atomic mass is 35.5. The molecule has 0 spiro atoms. The van der Waals surface area contributed by atoms with Gasteiger partial charge in [-0.3, -0.25) is 0 Å². The smallest absolute Gasteiger partial charge is 0.244 e. The van der Waals surface area contributed by atoms with Crippen LogP contribution in [0.1, 0.15) is 19.4 Å². The predicted octanol–water partition coefficient (Wildman–Crippen LogP) is 3.82. The van der Waals surface area contributed by atoms with E-state index >= 15 is 0 Å². The van der Waals surface area contributed by atoms with Crippen molar-refractivity contribution in [1.29, 1.82) is 0 Å². The molecule has 1 aromatic carbocycles. The van der Waals surface area contributed by atoms with E-state index in [4.69, 9.17) is 11.6 Å². The van der Waals surface area contributed by atoms with Gasteiger partial charge in [-0.15, -0.1) is 0 Å². The Balaban J connectivity index is 2.21. The minimum absolute atomic E-state index is 0.189. The zero-order valence-electron chi connectivity index (χ0n) is 13.4. The van der Waals surface area contributed by atoms with Crippen molar-refractivity contribution in [3.63, 3.8) is 0 Å². The number of nitrogens with zero attached hydrogens (tertiary/aromatic N) is 2. The summed E-state index contributed by atoms with van der Waals surface area (Å²) in [5.74, 6) is 0.559. The van der Waals surface area contributed by atoms with E-state index in [9.17, 15) is 8.42 Å². The van der Waals surface area contributed by atoms with Crippen molar-refractivity contribution in [2.45, 2.75) is 25.7 Å². The van der Waals surface area contributed by atoms with Crippen LogP contribution in [-0.4, -0.2) is 30.8 Å². The molecule has 0 aliphatic heterocycles. The van der Waals surface area contributed by atoms with Crippen molar-refractivity contribution in [3.8, 4) is 0 Å². The molecule has 0 saturated carbocycles. The van der Waals surface area contributed by atoms with Crippen LogP contribution in [0, 0.1) is 6.92 Å². The lowest BCUT2D eigenvalue weighted by Crippen LogP contribution is -2.30. The second-order valence-electron chi connectivity index (χ2n) is 5.06. The Labute approximate surface area is 142 Å². The molecular formula is C16H20ClN3O2S. The monoisotopic (exact) mass is 353 g/mol. The maximum absolute atomic E-state index is 12.4. The van der Waals surface area contributed by atoms with Gasteiger partial charge in [-0.1, -0.05) is 31.5 Å². The van der Waals surface area contributed by atoms with Crippen molar-refractivity contribution in [3.05, 3.63) is 47.1 Å². The van der Waals surface area contributed by atoms with E-state index in [-0.39, 0.29) is 4.90 Å². The summed E-state index contributed by atoms with van der Waals surface area (Å²) in [5, 5.41) is 3.77. The fourth-order valence-corrected chi connectivity index (χ4v) is 3.72. The Morgan fingerprint density at radius 1 is 1.17 bits per heavy atom. The SMILES string of the molecule is CCN(CC)S(=O)(=O)c1ccc(Nc2ccc(C)c(Cl)c2)nc1. The summed E-state index contributed by atoms with van der Waals surface area (Å²) in [7, 11) is -3.48. The first-order valence-corrected chi connectivity index (χ1v) is 9.19. The van der Waals surface area contributed by atoms with Gasteiger partial charge in [-0.25, -0.2) is 13.4 Å². The van der Waals surface area contributed by atoms with Gasteiger partial charge in [0, 0.05) is 30.0 Å². The fraction of sp³-hybridized carbons (Fsp3) is 0.312. The molecule has 1 heterocycles. The molecule has 0 bridgehead atoms. The summed E-state index contributed by atoms with van der Waals surface area (Å²) in [5.41, 5.74) is 1.79. The molecule has 23 heavy (non-hydrogen) atoms. The summed E-state index contributed by atoms with van der Waals surface area (Å²) in [6.07, 6.45) is 1.37. The van der Waals surface area contributed by atoms with Crippen LogP contribution in [0.3, 0.4) is 0 Å². The molecule has 0 amide bonds. The van der Waals surface area contributed by atoms with Crippen LogP contribution in [0.5, 0.6) is 0 Å². The van der Waals surface area contributed by atoms with Gasteiger partial charge < -0.3 is 5.32 Å². The van der Waals surface area contributed by atoms with Gasteiger partial charge in [0.15, 0.2) is 0 Å². The van der Waals surface area contributed by atoms with Gasteiger partial charge in [-0.2, -0.15) is 4.31 Å². The predicted molar refractivity (Wildman–Crippen MR) is 93.8 cm³/mol. The molecule has 0 saturated heterocycles. The average molecular weight is 354 g/mol. The second kappa shape index (κ2) is 7.29. The van der Waals surface area contributed by atoms with Crippen LogP contribution in [0.15, 0.2) is 41.4 Å². The van der Waals surface area contributed by atoms with Gasteiger partial charge in [0.2, 0.25) is 10.0 Å². The number of rotatable bonds is 6. The first-order chi connectivity index (χ1) is 10.9. The van der Waals surface area contributed by atoms with Crippen molar-refractivity contribution in [2.75, 3.05) is 18.4 Å². The van der Waals surface area contributed by atoms with Crippen molar-refractivity contribution >= 4 is 33.1 Å². The lowest BCUT2D eigenvalue weighted by Gasteiger charge is -2.18. The number of benzene rings is 1. The van der Waals surface area contributed by atoms with Crippen LogP contribution in [0.4, 0.5) is 11.5 Å². The van der Waals surface area contributed by atoms with Crippen LogP contribution in [0.2, 0.25) is 5.02 Å². The van der Waals surface area contributed by atoms with Crippen LogP contribution >= 0.6 is 11.6 Å². The lowest BCUT2D eigenvalue weighted by atomic mass is 10.2. The van der Waals surface area contributed by atoms with Crippen molar-refractivity contribution < 1.29 is 8.42 Å². The number of pyridine rings is 1. The summed E-state index contributed by atoms with van der Waals surface area (Å²) in [6.45, 7) is 6.41. The minimum Gasteiger partial charge on any atom is -0.340 e. The van der Waals surface area contributed by atoms with Crippen LogP contribution < -0.4 is 5.32 Å². The van der Waals surface area contributed by atoms with Crippen molar-refractivity contribution in [1.82, 2.24) is 9.29 Å². The highest BCUT2D eigenvalue weighted by Gasteiger charge is 2.21. The number of hydrogen-bond donors (Lipinski definition) is 1. The number of aryl methyl sites for hydroxylation is 1. The summed E-state index contributed by atoms with van der Waals surface area (Å²) < 4.78 is 26.2. The van der Waals surface area contributed by atoms with E-state index in [2.05, 4.69) is 10.3 Å². The third kappa shape index (κ3) is 4.02. The largest absolute Gasteiger partial charge is 0.340 e. The molecule has 7 heteroatoms. The van der Waals surface area contributed by atoms with Gasteiger partial charge in [0.1, 0.15) is 10.7 Å². The molecule has 0 unspecified atom stereocenters. The molecule has 0 fully saturated rings. The van der Waals surface area contributed by atoms with E-state index < -0.39 is 10.0 Å². The molecule has 124 valence electrons. The topological polar surface area (TPSA) is 62.3 Å². The van der Waals surface area contributed by atoms with E-state index in [1.807, 2.05) is 32.9 Å². The fourth-order valence-electron chi connectivity index (χ4n) is 2.14. The van der Waals surface area contributed by atoms with E-state index in [0.29, 0.717) is 23.9 Å². The molecule has 1 aromatic heterocycles. The van der Waals surface area contributed by atoms with Crippen molar-refractivity contribution in [2.24, 2.45) is 0 Å². The van der Waals surface area contributed by atoms with E-state index in [0.717, 1.165) is 11.3 Å². The molecule has 1 N–H and O–H groups in total. The minimum atomic E-state index is -3.48. The number of nitrogens with one attached hydrogen (secondary N) is 1. The molecule has 0 radical (unpaired) electrons. The Bertz CT molecular complexity index is 772. The first-order valence-electron chi connectivity index (χ1n) is 7.37. The Morgan fingerprint density at radius 2 is 1.87 bits per heavy atom. The van der Waals surface area contributed by atoms with Crippen LogP contribution in [-0.2, 0) is 10.0 Å². The normalized spacial score (nSPS) is 11.7. The zero-order valence-corrected chi connectivity index (χ0v) is 14.9. The second-order valence-corrected chi connectivity index (χ2v) is 7.40.